The third-order valence-electron chi connectivity index (χ3n) is 9.76. The van der Waals surface area contributed by atoms with Gasteiger partial charge in [0, 0.05) is 17.2 Å². The zero-order chi connectivity index (χ0) is 35.0. The quantitative estimate of drug-likeness (QED) is 0.0728. The number of hydrogen-bond acceptors (Lipinski definition) is 4. The van der Waals surface area contributed by atoms with Crippen molar-refractivity contribution in [2.45, 2.75) is 110 Å². The van der Waals surface area contributed by atoms with E-state index in [9.17, 15) is 0 Å². The van der Waals surface area contributed by atoms with Crippen molar-refractivity contribution in [3.8, 4) is 45.2 Å². The second kappa shape index (κ2) is 19.8. The van der Waals surface area contributed by atoms with Crippen LogP contribution in [0.5, 0.6) is 11.5 Å². The van der Waals surface area contributed by atoms with Crippen molar-refractivity contribution in [1.82, 2.24) is 5.16 Å². The molecule has 4 nitrogen and oxygen atoms in total. The molecule has 0 radical (unpaired) electrons. The number of nitrogens with zero attached hydrogens (tertiary/aromatic N) is 1. The lowest BCUT2D eigenvalue weighted by Gasteiger charge is -2.12. The first-order valence-corrected chi connectivity index (χ1v) is 19.1. The molecule has 0 aliphatic rings. The maximum Gasteiger partial charge on any atom is 0.167 e. The molecule has 0 fully saturated rings. The van der Waals surface area contributed by atoms with Crippen LogP contribution in [0.25, 0.3) is 33.7 Å². The van der Waals surface area contributed by atoms with Gasteiger partial charge >= 0.3 is 0 Å². The van der Waals surface area contributed by atoms with Gasteiger partial charge in [-0.25, -0.2) is 0 Å². The van der Waals surface area contributed by atoms with Crippen LogP contribution in [0.4, 0.5) is 0 Å². The molecule has 4 heteroatoms. The van der Waals surface area contributed by atoms with Gasteiger partial charge in [-0.1, -0.05) is 145 Å². The second-order valence-corrected chi connectivity index (χ2v) is 14.1. The predicted octanol–water partition coefficient (Wildman–Crippen LogP) is 13.7. The zero-order valence-electron chi connectivity index (χ0n) is 30.8. The molecule has 1 aromatic heterocycles. The Kier molecular flexibility index (Phi) is 14.6. The molecule has 0 saturated carbocycles. The molecule has 1 heterocycles. The third-order valence-corrected chi connectivity index (χ3v) is 9.76. The Morgan fingerprint density at radius 2 is 1.00 bits per heavy atom. The number of aromatic nitrogens is 1. The summed E-state index contributed by atoms with van der Waals surface area (Å²) >= 11 is 0. The fraction of sp³-hybridized carbons (Fsp3) is 0.413. The molecule has 50 heavy (non-hydrogen) atoms. The normalized spacial score (nSPS) is 11.9. The maximum atomic E-state index is 6.02. The van der Waals surface area contributed by atoms with Gasteiger partial charge in [0.2, 0.25) is 0 Å². The van der Waals surface area contributed by atoms with Crippen LogP contribution >= 0.6 is 0 Å². The van der Waals surface area contributed by atoms with E-state index in [2.05, 4.69) is 106 Å². The van der Waals surface area contributed by atoms with Gasteiger partial charge in [0.1, 0.15) is 17.2 Å². The van der Waals surface area contributed by atoms with Crippen LogP contribution in [0.15, 0.2) is 108 Å². The lowest BCUT2D eigenvalue weighted by atomic mass is 9.93. The first-order valence-electron chi connectivity index (χ1n) is 19.1. The average Bonchev–Trinajstić information content (AvgIpc) is 3.65. The van der Waals surface area contributed by atoms with Crippen molar-refractivity contribution in [3.05, 3.63) is 114 Å². The molecule has 5 aromatic rings. The van der Waals surface area contributed by atoms with Gasteiger partial charge in [-0.3, -0.25) is 0 Å². The van der Waals surface area contributed by atoms with Crippen molar-refractivity contribution in [2.24, 2.45) is 0 Å². The highest BCUT2D eigenvalue weighted by atomic mass is 16.5. The molecular formula is C46H57NO3. The van der Waals surface area contributed by atoms with Gasteiger partial charge in [-0.2, -0.15) is 0 Å². The molecule has 1 unspecified atom stereocenters. The van der Waals surface area contributed by atoms with Crippen LogP contribution in [-0.4, -0.2) is 18.4 Å². The molecule has 0 N–H and O–H groups in total. The van der Waals surface area contributed by atoms with Crippen molar-refractivity contribution in [3.63, 3.8) is 0 Å². The minimum Gasteiger partial charge on any atom is -0.494 e. The molecule has 0 aliphatic heterocycles. The number of benzene rings is 4. The Balaban J connectivity index is 0.921. The summed E-state index contributed by atoms with van der Waals surface area (Å²) in [5.41, 5.74) is 8.21. The van der Waals surface area contributed by atoms with Gasteiger partial charge in [0.15, 0.2) is 5.76 Å². The van der Waals surface area contributed by atoms with Crippen LogP contribution in [0.2, 0.25) is 0 Å². The molecule has 5 rings (SSSR count). The third kappa shape index (κ3) is 11.4. The van der Waals surface area contributed by atoms with E-state index >= 15 is 0 Å². The number of ether oxygens (including phenoxy) is 2. The number of unbranched alkanes of at least 4 members (excludes halogenated alkanes) is 8. The molecule has 264 valence electrons. The molecule has 0 saturated heterocycles. The van der Waals surface area contributed by atoms with Gasteiger partial charge in [-0.05, 0) is 89.8 Å². The summed E-state index contributed by atoms with van der Waals surface area (Å²) in [6.07, 6.45) is 13.5. The van der Waals surface area contributed by atoms with E-state index in [1.54, 1.807) is 0 Å². The Hall–Kier alpha value is -4.31. The van der Waals surface area contributed by atoms with Crippen LogP contribution in [0.1, 0.15) is 121 Å². The Labute approximate surface area is 301 Å². The Morgan fingerprint density at radius 3 is 1.58 bits per heavy atom. The number of hydrogen-bond donors (Lipinski definition) is 0. The van der Waals surface area contributed by atoms with Crippen LogP contribution in [0.3, 0.4) is 0 Å². The molecular weight excluding hydrogens is 615 g/mol. The molecule has 0 bridgehead atoms. The molecule has 0 amide bonds. The summed E-state index contributed by atoms with van der Waals surface area (Å²) in [7, 11) is 0. The summed E-state index contributed by atoms with van der Waals surface area (Å²) < 4.78 is 17.6. The predicted molar refractivity (Wildman–Crippen MR) is 209 cm³/mol. The summed E-state index contributed by atoms with van der Waals surface area (Å²) in [5, 5.41) is 4.35. The average molecular weight is 672 g/mol. The Bertz CT molecular complexity index is 1650. The fourth-order valence-electron chi connectivity index (χ4n) is 6.38. The van der Waals surface area contributed by atoms with E-state index < -0.39 is 0 Å². The highest BCUT2D eigenvalue weighted by Crippen LogP contribution is 2.30. The van der Waals surface area contributed by atoms with Gasteiger partial charge in [-0.15, -0.1) is 0 Å². The summed E-state index contributed by atoms with van der Waals surface area (Å²) in [6.45, 7) is 10.6. The first kappa shape index (κ1) is 37.0. The fourth-order valence-corrected chi connectivity index (χ4v) is 6.38. The molecule has 0 spiro atoms. The van der Waals surface area contributed by atoms with E-state index in [0.717, 1.165) is 60.1 Å². The van der Waals surface area contributed by atoms with Crippen LogP contribution < -0.4 is 9.47 Å². The van der Waals surface area contributed by atoms with E-state index in [1.165, 1.54) is 80.0 Å². The Morgan fingerprint density at radius 1 is 0.520 bits per heavy atom. The van der Waals surface area contributed by atoms with Crippen LogP contribution in [0, 0.1) is 0 Å². The maximum absolute atomic E-state index is 6.02. The van der Waals surface area contributed by atoms with Gasteiger partial charge in [0.05, 0.1) is 13.2 Å². The van der Waals surface area contributed by atoms with Crippen molar-refractivity contribution >= 4 is 0 Å². The highest BCUT2D eigenvalue weighted by molar-refractivity contribution is 5.67. The highest BCUT2D eigenvalue weighted by Gasteiger charge is 2.11. The smallest absolute Gasteiger partial charge is 0.167 e. The first-order chi connectivity index (χ1) is 24.5. The lowest BCUT2D eigenvalue weighted by molar-refractivity contribution is 0.304. The topological polar surface area (TPSA) is 44.5 Å². The zero-order valence-corrected chi connectivity index (χ0v) is 30.8. The molecule has 4 aromatic carbocycles. The van der Waals surface area contributed by atoms with E-state index in [1.807, 2.05) is 30.3 Å². The summed E-state index contributed by atoms with van der Waals surface area (Å²) in [4.78, 5) is 0. The molecule has 1 atom stereocenters. The van der Waals surface area contributed by atoms with E-state index in [-0.39, 0.29) is 0 Å². The largest absolute Gasteiger partial charge is 0.494 e. The van der Waals surface area contributed by atoms with E-state index in [0.29, 0.717) is 11.8 Å². The summed E-state index contributed by atoms with van der Waals surface area (Å²) in [6, 6.07) is 36.4. The molecule has 0 aliphatic carbocycles. The van der Waals surface area contributed by atoms with Crippen molar-refractivity contribution in [2.75, 3.05) is 13.2 Å². The standard InChI is InChI=1S/C46H57NO3/c1-5-6-13-32-48-44-30-26-42(27-31-44)46-34-45(47-50-46)41-22-18-38(19-23-41)36(4)15-12-10-8-7-9-11-14-33-49-43-28-24-40(25-29-43)39-20-16-37(17-21-39)35(2)3/h16-31,34-36H,5-15,32-33H2,1-4H3. The van der Waals surface area contributed by atoms with Gasteiger partial charge in [0.25, 0.3) is 0 Å². The van der Waals surface area contributed by atoms with Gasteiger partial charge < -0.3 is 14.0 Å². The lowest BCUT2D eigenvalue weighted by Crippen LogP contribution is -1.97. The SMILES string of the molecule is CCCCCOc1ccc(-c2cc(-c3ccc(C(C)CCCCCCCCCOc4ccc(-c5ccc(C(C)C)cc5)cc4)cc3)no2)cc1. The summed E-state index contributed by atoms with van der Waals surface area (Å²) in [5.74, 6) is 3.74. The van der Waals surface area contributed by atoms with Crippen molar-refractivity contribution < 1.29 is 14.0 Å². The number of rotatable bonds is 21. The van der Waals surface area contributed by atoms with Crippen molar-refractivity contribution in [1.29, 1.82) is 0 Å². The van der Waals surface area contributed by atoms with Crippen LogP contribution in [-0.2, 0) is 0 Å². The minimum absolute atomic E-state index is 0.552. The minimum atomic E-state index is 0.552. The monoisotopic (exact) mass is 671 g/mol. The second-order valence-electron chi connectivity index (χ2n) is 14.1. The van der Waals surface area contributed by atoms with E-state index in [4.69, 9.17) is 14.0 Å².